The molecule has 1 N–H and O–H groups in total. The number of carboxylic acid groups (broad SMARTS) is 1. The van der Waals surface area contributed by atoms with Crippen molar-refractivity contribution in [3.8, 4) is 0 Å². The van der Waals surface area contributed by atoms with Gasteiger partial charge < -0.3 is 5.11 Å². The molecule has 1 aromatic carbocycles. The summed E-state index contributed by atoms with van der Waals surface area (Å²) in [7, 11) is 0. The molecule has 0 bridgehead atoms. The number of carbonyl (C=O) groups is 1. The van der Waals surface area contributed by atoms with Gasteiger partial charge in [0, 0.05) is 0 Å². The van der Waals surface area contributed by atoms with Crippen molar-refractivity contribution < 1.29 is 14.3 Å². The molecular weight excluding hydrogens is 219 g/mol. The van der Waals surface area contributed by atoms with Gasteiger partial charge in [-0.3, -0.25) is 9.18 Å². The fourth-order valence-electron chi connectivity index (χ4n) is 2.88. The number of aryl methyl sites for hydroxylation is 1. The van der Waals surface area contributed by atoms with Crippen molar-refractivity contribution in [3.63, 3.8) is 0 Å². The Bertz CT molecular complexity index is 416. The molecule has 1 aromatic rings. The van der Waals surface area contributed by atoms with E-state index in [9.17, 15) is 14.3 Å². The van der Waals surface area contributed by atoms with Gasteiger partial charge in [-0.25, -0.2) is 0 Å². The Hall–Kier alpha value is -1.38. The lowest BCUT2D eigenvalue weighted by atomic mass is 9.67. The topological polar surface area (TPSA) is 37.3 Å². The van der Waals surface area contributed by atoms with E-state index in [2.05, 4.69) is 0 Å². The van der Waals surface area contributed by atoms with Crippen LogP contribution < -0.4 is 0 Å². The molecule has 0 saturated heterocycles. The van der Waals surface area contributed by atoms with Gasteiger partial charge in [0.1, 0.15) is 0 Å². The molecule has 0 aliphatic heterocycles. The highest BCUT2D eigenvalue weighted by atomic mass is 19.1. The summed E-state index contributed by atoms with van der Waals surface area (Å²) in [4.78, 5) is 11.6. The van der Waals surface area contributed by atoms with E-state index in [0.29, 0.717) is 19.3 Å². The Morgan fingerprint density at radius 2 is 2.18 bits per heavy atom. The minimum absolute atomic E-state index is 0.320. The van der Waals surface area contributed by atoms with Crippen LogP contribution in [-0.2, 0) is 16.6 Å². The molecule has 92 valence electrons. The van der Waals surface area contributed by atoms with E-state index in [0.717, 1.165) is 24.0 Å². The number of benzene rings is 1. The molecule has 0 fully saturated rings. The van der Waals surface area contributed by atoms with Crippen molar-refractivity contribution in [2.75, 3.05) is 6.67 Å². The standard InChI is InChI=1S/C14H17FO2/c15-10-4-9-14(13(16)17)8-3-6-11-5-1-2-7-12(11)14/h1-2,5,7H,3-4,6,8-10H2,(H,16,17). The third-order valence-electron chi connectivity index (χ3n) is 3.73. The SMILES string of the molecule is O=C(O)C1(CCCF)CCCc2ccccc21. The average Bonchev–Trinajstić information content (AvgIpc) is 2.36. The first-order chi connectivity index (χ1) is 8.20. The van der Waals surface area contributed by atoms with Crippen LogP contribution in [0.15, 0.2) is 24.3 Å². The Morgan fingerprint density at radius 3 is 2.88 bits per heavy atom. The van der Waals surface area contributed by atoms with Crippen molar-refractivity contribution >= 4 is 5.97 Å². The summed E-state index contributed by atoms with van der Waals surface area (Å²) in [6, 6.07) is 7.69. The summed E-state index contributed by atoms with van der Waals surface area (Å²) >= 11 is 0. The second-order valence-corrected chi connectivity index (χ2v) is 4.69. The predicted molar refractivity (Wildman–Crippen MR) is 63.9 cm³/mol. The highest BCUT2D eigenvalue weighted by Gasteiger charge is 2.42. The van der Waals surface area contributed by atoms with Crippen LogP contribution in [0.1, 0.15) is 36.8 Å². The minimum Gasteiger partial charge on any atom is -0.481 e. The molecule has 0 aromatic heterocycles. The number of hydrogen-bond donors (Lipinski definition) is 1. The van der Waals surface area contributed by atoms with Gasteiger partial charge in [0.05, 0.1) is 12.1 Å². The van der Waals surface area contributed by atoms with Gasteiger partial charge in [-0.15, -0.1) is 0 Å². The van der Waals surface area contributed by atoms with Crippen LogP contribution in [0.25, 0.3) is 0 Å². The van der Waals surface area contributed by atoms with Crippen LogP contribution in [0.3, 0.4) is 0 Å². The lowest BCUT2D eigenvalue weighted by molar-refractivity contribution is -0.145. The smallest absolute Gasteiger partial charge is 0.314 e. The third-order valence-corrected chi connectivity index (χ3v) is 3.73. The fourth-order valence-corrected chi connectivity index (χ4v) is 2.88. The Labute approximate surface area is 100 Å². The molecule has 2 nitrogen and oxygen atoms in total. The van der Waals surface area contributed by atoms with E-state index in [1.54, 1.807) is 0 Å². The van der Waals surface area contributed by atoms with Crippen LogP contribution in [0.4, 0.5) is 4.39 Å². The number of aliphatic carboxylic acids is 1. The van der Waals surface area contributed by atoms with E-state index in [1.807, 2.05) is 24.3 Å². The quantitative estimate of drug-likeness (QED) is 0.872. The molecule has 0 amide bonds. The highest BCUT2D eigenvalue weighted by molar-refractivity contribution is 5.82. The molecule has 1 aliphatic rings. The summed E-state index contributed by atoms with van der Waals surface area (Å²) < 4.78 is 12.4. The van der Waals surface area contributed by atoms with Crippen molar-refractivity contribution in [2.24, 2.45) is 0 Å². The lowest BCUT2D eigenvalue weighted by Crippen LogP contribution is -2.39. The molecule has 0 saturated carbocycles. The molecule has 1 unspecified atom stereocenters. The van der Waals surface area contributed by atoms with Crippen LogP contribution in [0, 0.1) is 0 Å². The number of rotatable bonds is 4. The van der Waals surface area contributed by atoms with Crippen molar-refractivity contribution in [1.29, 1.82) is 0 Å². The lowest BCUT2D eigenvalue weighted by Gasteiger charge is -2.35. The first-order valence-electron chi connectivity index (χ1n) is 6.08. The van der Waals surface area contributed by atoms with Crippen LogP contribution in [0.5, 0.6) is 0 Å². The predicted octanol–water partition coefficient (Wildman–Crippen LogP) is 3.10. The van der Waals surface area contributed by atoms with Crippen molar-refractivity contribution in [2.45, 2.75) is 37.5 Å². The van der Waals surface area contributed by atoms with Crippen LogP contribution in [0.2, 0.25) is 0 Å². The van der Waals surface area contributed by atoms with Gasteiger partial charge in [-0.2, -0.15) is 0 Å². The maximum absolute atomic E-state index is 12.4. The molecule has 3 heteroatoms. The summed E-state index contributed by atoms with van der Waals surface area (Å²) in [5.41, 5.74) is 1.15. The zero-order valence-electron chi connectivity index (χ0n) is 9.79. The van der Waals surface area contributed by atoms with Crippen LogP contribution in [-0.4, -0.2) is 17.8 Å². The molecule has 2 rings (SSSR count). The molecular formula is C14H17FO2. The summed E-state index contributed by atoms with van der Waals surface area (Å²) in [6.07, 6.45) is 3.15. The second kappa shape index (κ2) is 4.86. The minimum atomic E-state index is -0.860. The number of halogens is 1. The van der Waals surface area contributed by atoms with Gasteiger partial charge in [-0.05, 0) is 43.2 Å². The third kappa shape index (κ3) is 2.06. The number of alkyl halides is 1. The highest BCUT2D eigenvalue weighted by Crippen LogP contribution is 2.41. The van der Waals surface area contributed by atoms with E-state index in [4.69, 9.17) is 0 Å². The molecule has 0 spiro atoms. The largest absolute Gasteiger partial charge is 0.481 e. The number of carboxylic acids is 1. The molecule has 1 aliphatic carbocycles. The summed E-state index contributed by atoms with van der Waals surface area (Å²) in [5.74, 6) is -0.807. The van der Waals surface area contributed by atoms with Crippen molar-refractivity contribution in [1.82, 2.24) is 0 Å². The second-order valence-electron chi connectivity index (χ2n) is 4.69. The van der Waals surface area contributed by atoms with Gasteiger partial charge in [0.2, 0.25) is 0 Å². The van der Waals surface area contributed by atoms with E-state index >= 15 is 0 Å². The Morgan fingerprint density at radius 1 is 1.41 bits per heavy atom. The molecule has 1 atom stereocenters. The van der Waals surface area contributed by atoms with Gasteiger partial charge in [0.25, 0.3) is 0 Å². The zero-order chi connectivity index (χ0) is 12.3. The molecule has 0 radical (unpaired) electrons. The average molecular weight is 236 g/mol. The Kier molecular flexibility index (Phi) is 3.46. The summed E-state index contributed by atoms with van der Waals surface area (Å²) in [6.45, 7) is -0.447. The fraction of sp³-hybridized carbons (Fsp3) is 0.500. The zero-order valence-corrected chi connectivity index (χ0v) is 9.79. The summed E-state index contributed by atoms with van der Waals surface area (Å²) in [5, 5.41) is 9.54. The number of hydrogen-bond acceptors (Lipinski definition) is 1. The normalized spacial score (nSPS) is 23.1. The molecule has 17 heavy (non-hydrogen) atoms. The first kappa shape index (κ1) is 12.1. The van der Waals surface area contributed by atoms with E-state index < -0.39 is 18.1 Å². The van der Waals surface area contributed by atoms with Gasteiger partial charge >= 0.3 is 5.97 Å². The van der Waals surface area contributed by atoms with Crippen molar-refractivity contribution in [3.05, 3.63) is 35.4 Å². The maximum atomic E-state index is 12.4. The first-order valence-corrected chi connectivity index (χ1v) is 6.08. The van der Waals surface area contributed by atoms with Crippen LogP contribution >= 0.6 is 0 Å². The van der Waals surface area contributed by atoms with E-state index in [1.165, 1.54) is 0 Å². The molecule has 0 heterocycles. The van der Waals surface area contributed by atoms with Gasteiger partial charge in [-0.1, -0.05) is 24.3 Å². The van der Waals surface area contributed by atoms with Gasteiger partial charge in [0.15, 0.2) is 0 Å². The Balaban J connectivity index is 2.43. The maximum Gasteiger partial charge on any atom is 0.314 e. The number of fused-ring (bicyclic) bond motifs is 1. The monoisotopic (exact) mass is 236 g/mol. The van der Waals surface area contributed by atoms with E-state index in [-0.39, 0.29) is 0 Å².